The molecule has 312 valence electrons. The first-order valence-electron chi connectivity index (χ1n) is 22.7. The minimum atomic E-state index is 0.164. The zero-order valence-electron chi connectivity index (χ0n) is 39.5. The van der Waals surface area contributed by atoms with Crippen molar-refractivity contribution in [2.45, 2.75) is 142 Å². The average Bonchev–Trinajstić information content (AvgIpc) is 3.91. The van der Waals surface area contributed by atoms with Crippen LogP contribution < -0.4 is 0 Å². The topological polar surface area (TPSA) is 0 Å². The number of rotatable bonds is 6. The van der Waals surface area contributed by atoms with E-state index in [-0.39, 0.29) is 21.7 Å². The van der Waals surface area contributed by atoms with Gasteiger partial charge in [0, 0.05) is 0 Å². The first-order chi connectivity index (χ1) is 27.8. The quantitative estimate of drug-likeness (QED) is 0.169. The van der Waals surface area contributed by atoms with Crippen molar-refractivity contribution in [1.82, 2.24) is 0 Å². The maximum absolute atomic E-state index is 2.62. The molecular weight excluding hydrogens is 788 g/mol. The van der Waals surface area contributed by atoms with Gasteiger partial charge >= 0.3 is 112 Å². The molecule has 4 aromatic carbocycles. The van der Waals surface area contributed by atoms with Gasteiger partial charge in [0.15, 0.2) is 0 Å². The van der Waals surface area contributed by atoms with E-state index < -0.39 is 0 Å². The fraction of sp³-hybridized carbons (Fsp3) is 0.466. The van der Waals surface area contributed by atoms with Crippen molar-refractivity contribution in [3.8, 4) is 0 Å². The molecule has 8 rings (SSSR count). The predicted molar refractivity (Wildman–Crippen MR) is 256 cm³/mol. The molecule has 0 nitrogen and oxygen atoms in total. The second kappa shape index (κ2) is 18.9. The molecule has 1 heteroatoms. The molecule has 0 heterocycles. The van der Waals surface area contributed by atoms with Gasteiger partial charge in [-0.25, -0.2) is 18.1 Å². The number of fused-ring (bicyclic) bond motifs is 6. The summed E-state index contributed by atoms with van der Waals surface area (Å²) in [5, 5.41) is 0. The molecule has 0 amide bonds. The molecule has 0 aromatic heterocycles. The normalized spacial score (nSPS) is 21.6. The Hall–Kier alpha value is -3.15. The maximum atomic E-state index is 2.62. The van der Waals surface area contributed by atoms with Gasteiger partial charge in [0.25, 0.3) is 0 Å². The van der Waals surface area contributed by atoms with Crippen LogP contribution in [0.3, 0.4) is 0 Å². The minimum absolute atomic E-state index is 0.164. The van der Waals surface area contributed by atoms with Crippen LogP contribution >= 0.6 is 0 Å². The third-order valence-electron chi connectivity index (χ3n) is 15.9. The van der Waals surface area contributed by atoms with Crippen molar-refractivity contribution in [1.29, 1.82) is 0 Å². The fourth-order valence-corrected chi connectivity index (χ4v) is 11.8. The van der Waals surface area contributed by atoms with E-state index in [0.29, 0.717) is 11.3 Å². The summed E-state index contributed by atoms with van der Waals surface area (Å²) in [5.74, 6) is 2.24. The number of allylic oxidation sites excluding steroid dienone is 6. The smallest absolute Gasteiger partial charge is 0.172 e. The standard InChI is InChI=1S/C29H37.C15H14.C9H20.C5H5.Zr/c1-18-25-22-17-19-13-9-10-14-20(19)24(22)21-15-11-12-16-23(21)29(25,8)28(6,7)27(4,5)26(18,2)3;1-12-3-7-14(8-4-12)11-15-9-5-13(2)6-10-15;1-5-7-9(3,4)8-6-2;1-2-4-5-3-1;/h9-11,13-15,23H,12,16-17H2,1-8H3;3-10H,1-2H3;5-8H2,1-4H3;1-5H;/q-1;;;-1;+2. The summed E-state index contributed by atoms with van der Waals surface area (Å²) < 4.78 is 1.42. The van der Waals surface area contributed by atoms with Crippen LogP contribution in [0.1, 0.15) is 155 Å². The summed E-state index contributed by atoms with van der Waals surface area (Å²) in [5.41, 5.74) is 16.2. The molecule has 2 unspecified atom stereocenters. The molecule has 59 heavy (non-hydrogen) atoms. The number of aryl methyl sites for hydroxylation is 2. The molecule has 2 atom stereocenters. The van der Waals surface area contributed by atoms with E-state index in [1.807, 2.05) is 30.3 Å². The predicted octanol–water partition coefficient (Wildman–Crippen LogP) is 16.4. The van der Waals surface area contributed by atoms with E-state index in [4.69, 9.17) is 0 Å². The second-order valence-electron chi connectivity index (χ2n) is 20.5. The Kier molecular flexibility index (Phi) is 15.0. The van der Waals surface area contributed by atoms with Crippen molar-refractivity contribution in [3.63, 3.8) is 0 Å². The third kappa shape index (κ3) is 9.23. The summed E-state index contributed by atoms with van der Waals surface area (Å²) in [6.45, 7) is 33.8. The largest absolute Gasteiger partial charge is 0.214 e. The van der Waals surface area contributed by atoms with Crippen LogP contribution in [0, 0.1) is 52.8 Å². The van der Waals surface area contributed by atoms with Gasteiger partial charge < -0.3 is 0 Å². The van der Waals surface area contributed by atoms with E-state index in [2.05, 4.69) is 182 Å². The van der Waals surface area contributed by atoms with Crippen LogP contribution in [0.15, 0.2) is 132 Å². The molecule has 4 aliphatic rings. The Morgan fingerprint density at radius 2 is 1.27 bits per heavy atom. The van der Waals surface area contributed by atoms with E-state index in [9.17, 15) is 0 Å². The summed E-state index contributed by atoms with van der Waals surface area (Å²) in [7, 11) is 0. The van der Waals surface area contributed by atoms with Gasteiger partial charge in [-0.1, -0.05) is 154 Å². The van der Waals surface area contributed by atoms with E-state index in [1.165, 1.54) is 99.3 Å². The maximum Gasteiger partial charge on any atom is -0.172 e. The number of benzene rings is 3. The molecule has 4 aromatic rings. The van der Waals surface area contributed by atoms with Crippen LogP contribution in [0.5, 0.6) is 0 Å². The molecule has 0 spiro atoms. The minimum Gasteiger partial charge on any atom is -0.214 e. The number of hydrogen-bond donors (Lipinski definition) is 0. The second-order valence-corrected chi connectivity index (χ2v) is 21.7. The summed E-state index contributed by atoms with van der Waals surface area (Å²) >= 11 is 1.46. The van der Waals surface area contributed by atoms with Gasteiger partial charge in [-0.05, 0) is 58.8 Å². The van der Waals surface area contributed by atoms with Gasteiger partial charge in [-0.2, -0.15) is 29.3 Å². The van der Waals surface area contributed by atoms with Gasteiger partial charge in [0.05, 0.1) is 0 Å². The van der Waals surface area contributed by atoms with E-state index in [0.717, 1.165) is 6.42 Å². The zero-order chi connectivity index (χ0) is 43.4. The summed E-state index contributed by atoms with van der Waals surface area (Å²) in [4.78, 5) is 0. The van der Waals surface area contributed by atoms with Gasteiger partial charge in [0.1, 0.15) is 0 Å². The molecule has 0 saturated heterocycles. The van der Waals surface area contributed by atoms with Crippen molar-refractivity contribution in [2.75, 3.05) is 0 Å². The molecule has 0 bridgehead atoms. The Morgan fingerprint density at radius 1 is 0.746 bits per heavy atom. The van der Waals surface area contributed by atoms with E-state index >= 15 is 0 Å². The van der Waals surface area contributed by atoms with Gasteiger partial charge in [0.2, 0.25) is 0 Å². The van der Waals surface area contributed by atoms with Gasteiger partial charge in [-0.15, -0.1) is 6.92 Å². The van der Waals surface area contributed by atoms with Crippen molar-refractivity contribution < 1.29 is 24.2 Å². The molecule has 0 radical (unpaired) electrons. The van der Waals surface area contributed by atoms with Crippen LogP contribution in [-0.2, 0) is 30.7 Å². The Balaban J connectivity index is 0.000000184. The summed E-state index contributed by atoms with van der Waals surface area (Å²) in [6, 6.07) is 36.7. The SMILES string of the molecule is CCCC(C)(C)CCC.C[C-]1C2=C3Cc4ccccc4C3=C3C=CCCC3C2(C)C(C)(C)C(C)(C)C1(C)C.Cc1ccc([C](=[Zr+2])c2ccc(C)cc2)cc1.c1cc[cH-]c1. The first kappa shape index (κ1) is 46.9. The molecule has 0 aliphatic heterocycles. The Labute approximate surface area is 376 Å². The molecule has 4 aliphatic carbocycles. The van der Waals surface area contributed by atoms with Crippen molar-refractivity contribution >= 4 is 8.78 Å². The van der Waals surface area contributed by atoms with Gasteiger partial charge in [-0.3, -0.25) is 0 Å². The number of hydrogen-bond acceptors (Lipinski definition) is 0. The summed E-state index contributed by atoms with van der Waals surface area (Å²) in [6.07, 6.45) is 13.9. The van der Waals surface area contributed by atoms with Crippen LogP contribution in [-0.4, -0.2) is 3.21 Å². The van der Waals surface area contributed by atoms with E-state index in [1.54, 1.807) is 28.2 Å². The Bertz CT molecular complexity index is 2030. The molecular formula is C58H76Zr. The molecule has 0 N–H and O–H groups in total. The van der Waals surface area contributed by atoms with Crippen LogP contribution in [0.4, 0.5) is 0 Å². The first-order valence-corrected chi connectivity index (χ1v) is 24.0. The molecule has 1 saturated carbocycles. The van der Waals surface area contributed by atoms with Crippen molar-refractivity contribution in [2.24, 2.45) is 33.0 Å². The average molecular weight is 864 g/mol. The monoisotopic (exact) mass is 862 g/mol. The zero-order valence-corrected chi connectivity index (χ0v) is 42.0. The van der Waals surface area contributed by atoms with Crippen LogP contribution in [0.25, 0.3) is 5.57 Å². The van der Waals surface area contributed by atoms with Crippen LogP contribution in [0.2, 0.25) is 0 Å². The Morgan fingerprint density at radius 3 is 1.76 bits per heavy atom. The van der Waals surface area contributed by atoms with Crippen molar-refractivity contribution in [3.05, 3.63) is 171 Å². The third-order valence-corrected chi connectivity index (χ3v) is 17.3. The fourth-order valence-electron chi connectivity index (χ4n) is 11.0. The molecule has 1 fully saturated rings.